The highest BCUT2D eigenvalue weighted by molar-refractivity contribution is 6.04. The van der Waals surface area contributed by atoms with Crippen molar-refractivity contribution in [1.82, 2.24) is 14.8 Å². The Morgan fingerprint density at radius 2 is 1.71 bits per heavy atom. The Balaban J connectivity index is 2.16. The van der Waals surface area contributed by atoms with Crippen LogP contribution in [0.25, 0.3) is 0 Å². The summed E-state index contributed by atoms with van der Waals surface area (Å²) in [6, 6.07) is 6.50. The Morgan fingerprint density at radius 1 is 1.14 bits per heavy atom. The van der Waals surface area contributed by atoms with Gasteiger partial charge in [-0.05, 0) is 19.1 Å². The van der Waals surface area contributed by atoms with Crippen LogP contribution in [-0.2, 0) is 7.05 Å². The SMILES string of the molecule is CC(=O)c1ccc(C(=O)Nc2nc(C(C)C)nn2C)cc1. The van der Waals surface area contributed by atoms with Gasteiger partial charge in [-0.1, -0.05) is 26.0 Å². The Morgan fingerprint density at radius 3 is 2.19 bits per heavy atom. The van der Waals surface area contributed by atoms with Gasteiger partial charge < -0.3 is 0 Å². The zero-order valence-corrected chi connectivity index (χ0v) is 12.5. The molecular weight excluding hydrogens is 268 g/mol. The van der Waals surface area contributed by atoms with Gasteiger partial charge in [-0.15, -0.1) is 0 Å². The number of benzene rings is 1. The van der Waals surface area contributed by atoms with Gasteiger partial charge >= 0.3 is 0 Å². The van der Waals surface area contributed by atoms with Crippen molar-refractivity contribution in [3.05, 3.63) is 41.2 Å². The van der Waals surface area contributed by atoms with Gasteiger partial charge in [0.1, 0.15) is 0 Å². The van der Waals surface area contributed by atoms with Crippen LogP contribution >= 0.6 is 0 Å². The molecule has 0 bridgehead atoms. The molecule has 2 aromatic rings. The molecule has 2 rings (SSSR count). The van der Waals surface area contributed by atoms with Crippen LogP contribution in [0.3, 0.4) is 0 Å². The molecule has 1 heterocycles. The molecule has 0 saturated heterocycles. The van der Waals surface area contributed by atoms with Crippen molar-refractivity contribution in [2.24, 2.45) is 7.05 Å². The third kappa shape index (κ3) is 3.34. The molecule has 0 fully saturated rings. The number of nitrogens with one attached hydrogen (secondary N) is 1. The Hall–Kier alpha value is -2.50. The molecule has 0 aliphatic rings. The first-order valence-corrected chi connectivity index (χ1v) is 6.71. The van der Waals surface area contributed by atoms with Crippen molar-refractivity contribution in [3.63, 3.8) is 0 Å². The Bertz CT molecular complexity index is 671. The first kappa shape index (κ1) is 14.9. The molecule has 0 unspecified atom stereocenters. The van der Waals surface area contributed by atoms with Crippen molar-refractivity contribution >= 4 is 17.6 Å². The molecule has 0 saturated carbocycles. The number of hydrogen-bond donors (Lipinski definition) is 1. The smallest absolute Gasteiger partial charge is 0.258 e. The molecule has 1 aromatic carbocycles. The van der Waals surface area contributed by atoms with E-state index in [1.54, 1.807) is 31.3 Å². The van der Waals surface area contributed by atoms with E-state index in [0.29, 0.717) is 22.9 Å². The minimum absolute atomic E-state index is 0.0307. The summed E-state index contributed by atoms with van der Waals surface area (Å²) in [4.78, 5) is 27.6. The van der Waals surface area contributed by atoms with Gasteiger partial charge in [0, 0.05) is 24.1 Å². The molecule has 1 N–H and O–H groups in total. The van der Waals surface area contributed by atoms with Crippen LogP contribution in [0.2, 0.25) is 0 Å². The summed E-state index contributed by atoms with van der Waals surface area (Å²) in [5, 5.41) is 6.96. The minimum atomic E-state index is -0.282. The molecule has 110 valence electrons. The zero-order valence-electron chi connectivity index (χ0n) is 12.5. The molecule has 21 heavy (non-hydrogen) atoms. The summed E-state index contributed by atoms with van der Waals surface area (Å²) in [5.74, 6) is 0.962. The predicted octanol–water partition coefficient (Wildman–Crippen LogP) is 2.39. The zero-order chi connectivity index (χ0) is 15.6. The normalized spacial score (nSPS) is 10.7. The summed E-state index contributed by atoms with van der Waals surface area (Å²) in [5.41, 5.74) is 1.04. The fourth-order valence-electron chi connectivity index (χ4n) is 1.79. The quantitative estimate of drug-likeness (QED) is 0.875. The van der Waals surface area contributed by atoms with Crippen LogP contribution in [0.1, 0.15) is 53.2 Å². The third-order valence-electron chi connectivity index (χ3n) is 3.07. The van der Waals surface area contributed by atoms with Gasteiger partial charge in [0.05, 0.1) is 0 Å². The number of anilines is 1. The maximum absolute atomic E-state index is 12.1. The number of aromatic nitrogens is 3. The average Bonchev–Trinajstić information content (AvgIpc) is 2.80. The molecule has 0 spiro atoms. The second-order valence-electron chi connectivity index (χ2n) is 5.16. The van der Waals surface area contributed by atoms with E-state index < -0.39 is 0 Å². The molecule has 0 aliphatic carbocycles. The van der Waals surface area contributed by atoms with Crippen molar-refractivity contribution in [2.45, 2.75) is 26.7 Å². The fourth-order valence-corrected chi connectivity index (χ4v) is 1.79. The Labute approximate surface area is 123 Å². The van der Waals surface area contributed by atoms with Crippen LogP contribution in [-0.4, -0.2) is 26.5 Å². The standard InChI is InChI=1S/C15H18N4O2/c1-9(2)13-16-15(19(4)18-13)17-14(21)12-7-5-11(6-8-12)10(3)20/h5-9H,1-4H3,(H,16,17,18,21). The fraction of sp³-hybridized carbons (Fsp3) is 0.333. The highest BCUT2D eigenvalue weighted by Gasteiger charge is 2.14. The summed E-state index contributed by atoms with van der Waals surface area (Å²) >= 11 is 0. The van der Waals surface area contributed by atoms with E-state index in [1.807, 2.05) is 13.8 Å². The topological polar surface area (TPSA) is 76.9 Å². The van der Waals surface area contributed by atoms with Gasteiger partial charge in [0.25, 0.3) is 5.91 Å². The van der Waals surface area contributed by atoms with Crippen LogP contribution in [0.5, 0.6) is 0 Å². The number of nitrogens with zero attached hydrogens (tertiary/aromatic N) is 3. The molecule has 0 aliphatic heterocycles. The van der Waals surface area contributed by atoms with Crippen LogP contribution < -0.4 is 5.32 Å². The summed E-state index contributed by atoms with van der Waals surface area (Å²) in [6.07, 6.45) is 0. The van der Waals surface area contributed by atoms with Gasteiger partial charge in [0.2, 0.25) is 5.95 Å². The second kappa shape index (κ2) is 5.87. The Kier molecular flexibility index (Phi) is 4.16. The predicted molar refractivity (Wildman–Crippen MR) is 79.5 cm³/mol. The van der Waals surface area contributed by atoms with E-state index in [9.17, 15) is 9.59 Å². The van der Waals surface area contributed by atoms with Crippen LogP contribution in [0, 0.1) is 0 Å². The van der Waals surface area contributed by atoms with Gasteiger partial charge in [-0.25, -0.2) is 4.68 Å². The van der Waals surface area contributed by atoms with Crippen molar-refractivity contribution < 1.29 is 9.59 Å². The van der Waals surface area contributed by atoms with Crippen LogP contribution in [0.4, 0.5) is 5.95 Å². The van der Waals surface area contributed by atoms with Gasteiger partial charge in [0.15, 0.2) is 11.6 Å². The number of aryl methyl sites for hydroxylation is 1. The number of Topliss-reactive ketones (excluding diaryl/α,β-unsaturated/α-hetero) is 1. The molecule has 6 nitrogen and oxygen atoms in total. The van der Waals surface area contributed by atoms with E-state index in [2.05, 4.69) is 15.4 Å². The summed E-state index contributed by atoms with van der Waals surface area (Å²) in [7, 11) is 1.73. The number of hydrogen-bond acceptors (Lipinski definition) is 4. The number of carbonyl (C=O) groups is 2. The third-order valence-corrected chi connectivity index (χ3v) is 3.07. The second-order valence-corrected chi connectivity index (χ2v) is 5.16. The van der Waals surface area contributed by atoms with Crippen LogP contribution in [0.15, 0.2) is 24.3 Å². The highest BCUT2D eigenvalue weighted by atomic mass is 16.2. The van der Waals surface area contributed by atoms with Gasteiger partial charge in [-0.3, -0.25) is 14.9 Å². The molecule has 0 radical (unpaired) electrons. The monoisotopic (exact) mass is 286 g/mol. The van der Waals surface area contributed by atoms with E-state index in [1.165, 1.54) is 11.6 Å². The molecule has 1 aromatic heterocycles. The summed E-state index contributed by atoms with van der Waals surface area (Å²) in [6.45, 7) is 5.46. The first-order chi connectivity index (χ1) is 9.88. The largest absolute Gasteiger partial charge is 0.295 e. The minimum Gasteiger partial charge on any atom is -0.295 e. The highest BCUT2D eigenvalue weighted by Crippen LogP contribution is 2.13. The maximum Gasteiger partial charge on any atom is 0.258 e. The van der Waals surface area contributed by atoms with E-state index >= 15 is 0 Å². The van der Waals surface area contributed by atoms with Crippen molar-refractivity contribution in [1.29, 1.82) is 0 Å². The van der Waals surface area contributed by atoms with Crippen molar-refractivity contribution in [3.8, 4) is 0 Å². The molecule has 1 amide bonds. The number of rotatable bonds is 4. The lowest BCUT2D eigenvalue weighted by molar-refractivity contribution is 0.100. The van der Waals surface area contributed by atoms with E-state index in [-0.39, 0.29) is 17.6 Å². The number of ketones is 1. The summed E-state index contributed by atoms with van der Waals surface area (Å²) < 4.78 is 1.54. The van der Waals surface area contributed by atoms with E-state index in [0.717, 1.165) is 0 Å². The van der Waals surface area contributed by atoms with Gasteiger partial charge in [-0.2, -0.15) is 10.1 Å². The number of amides is 1. The lowest BCUT2D eigenvalue weighted by Gasteiger charge is -2.04. The molecule has 6 heteroatoms. The van der Waals surface area contributed by atoms with Crippen molar-refractivity contribution in [2.75, 3.05) is 5.32 Å². The molecule has 0 atom stereocenters. The lowest BCUT2D eigenvalue weighted by Crippen LogP contribution is -2.15. The first-order valence-electron chi connectivity index (χ1n) is 6.71. The maximum atomic E-state index is 12.1. The van der Waals surface area contributed by atoms with E-state index in [4.69, 9.17) is 0 Å². The number of carbonyl (C=O) groups excluding carboxylic acids is 2. The lowest BCUT2D eigenvalue weighted by atomic mass is 10.1. The average molecular weight is 286 g/mol. The molecular formula is C15H18N4O2.